The number of rotatable bonds is 2. The SMILES string of the molecule is Cc1cccc(-c2c3c(=O)n(C)c(=O)n(C)c3c3n2-c2ccccc2NC3c2ccccc2)c1. The molecule has 6 nitrogen and oxygen atoms in total. The smallest absolute Gasteiger partial charge is 0.331 e. The first kappa shape index (κ1) is 20.3. The van der Waals surface area contributed by atoms with Crippen LogP contribution in [0.2, 0.25) is 0 Å². The van der Waals surface area contributed by atoms with Gasteiger partial charge in [0, 0.05) is 14.1 Å². The van der Waals surface area contributed by atoms with Gasteiger partial charge in [-0.25, -0.2) is 4.79 Å². The highest BCUT2D eigenvalue weighted by atomic mass is 16.2. The van der Waals surface area contributed by atoms with Crippen molar-refractivity contribution in [3.63, 3.8) is 0 Å². The van der Waals surface area contributed by atoms with Crippen LogP contribution < -0.4 is 16.6 Å². The summed E-state index contributed by atoms with van der Waals surface area (Å²) < 4.78 is 4.97. The lowest BCUT2D eigenvalue weighted by atomic mass is 9.99. The summed E-state index contributed by atoms with van der Waals surface area (Å²) in [7, 11) is 3.29. The molecule has 1 N–H and O–H groups in total. The molecule has 0 aliphatic carbocycles. The maximum Gasteiger partial charge on any atom is 0.331 e. The van der Waals surface area contributed by atoms with Gasteiger partial charge in [-0.2, -0.15) is 0 Å². The van der Waals surface area contributed by atoms with E-state index in [0.29, 0.717) is 10.9 Å². The number of hydrogen-bond acceptors (Lipinski definition) is 3. The molecule has 6 rings (SSSR count). The topological polar surface area (TPSA) is 61.0 Å². The molecular weight excluding hydrogens is 424 g/mol. The third-order valence-corrected chi connectivity index (χ3v) is 6.75. The largest absolute Gasteiger partial charge is 0.371 e. The fourth-order valence-corrected chi connectivity index (χ4v) is 5.18. The van der Waals surface area contributed by atoms with Crippen molar-refractivity contribution in [2.75, 3.05) is 5.32 Å². The summed E-state index contributed by atoms with van der Waals surface area (Å²) in [4.78, 5) is 26.7. The van der Waals surface area contributed by atoms with Crippen LogP contribution in [0, 0.1) is 6.92 Å². The van der Waals surface area contributed by atoms with Crippen LogP contribution in [0.4, 0.5) is 5.69 Å². The van der Waals surface area contributed by atoms with E-state index in [1.165, 1.54) is 4.57 Å². The highest BCUT2D eigenvalue weighted by Gasteiger charge is 2.34. The van der Waals surface area contributed by atoms with E-state index >= 15 is 0 Å². The van der Waals surface area contributed by atoms with E-state index < -0.39 is 0 Å². The summed E-state index contributed by atoms with van der Waals surface area (Å²) in [6, 6.07) is 26.2. The number of aryl methyl sites for hydroxylation is 2. The summed E-state index contributed by atoms with van der Waals surface area (Å²) in [6.07, 6.45) is 0. The summed E-state index contributed by atoms with van der Waals surface area (Å²) in [6.45, 7) is 2.04. The molecule has 5 aromatic rings. The molecule has 3 heterocycles. The standard InChI is InChI=1S/C28H24N4O2/c1-17-10-9-13-19(16-17)24-22-25(30(2)28(34)31(3)27(22)33)26-23(18-11-5-4-6-12-18)29-20-14-7-8-15-21(20)32(24)26/h4-16,23,29H,1-3H3. The second-order valence-corrected chi connectivity index (χ2v) is 8.87. The Bertz CT molecular complexity index is 1710. The van der Waals surface area contributed by atoms with Gasteiger partial charge in [0.1, 0.15) is 0 Å². The van der Waals surface area contributed by atoms with E-state index in [2.05, 4.69) is 34.1 Å². The third-order valence-electron chi connectivity index (χ3n) is 6.75. The van der Waals surface area contributed by atoms with Gasteiger partial charge in [0.25, 0.3) is 5.56 Å². The van der Waals surface area contributed by atoms with Gasteiger partial charge in [0.05, 0.1) is 39.7 Å². The van der Waals surface area contributed by atoms with Gasteiger partial charge in [-0.15, -0.1) is 0 Å². The number of nitrogens with one attached hydrogen (secondary N) is 1. The first-order valence-corrected chi connectivity index (χ1v) is 11.3. The van der Waals surface area contributed by atoms with Gasteiger partial charge in [0.2, 0.25) is 0 Å². The molecule has 1 aliphatic rings. The zero-order valence-electron chi connectivity index (χ0n) is 19.2. The number of aromatic nitrogens is 3. The highest BCUT2D eigenvalue weighted by molar-refractivity contribution is 5.99. The van der Waals surface area contributed by atoms with Crippen molar-refractivity contribution < 1.29 is 0 Å². The van der Waals surface area contributed by atoms with Crippen molar-refractivity contribution in [2.24, 2.45) is 14.1 Å². The maximum absolute atomic E-state index is 13.7. The van der Waals surface area contributed by atoms with Crippen molar-refractivity contribution in [2.45, 2.75) is 13.0 Å². The van der Waals surface area contributed by atoms with E-state index in [0.717, 1.165) is 39.5 Å². The molecule has 34 heavy (non-hydrogen) atoms. The number of hydrogen-bond donors (Lipinski definition) is 1. The molecule has 3 aromatic carbocycles. The Morgan fingerprint density at radius 1 is 0.824 bits per heavy atom. The van der Waals surface area contributed by atoms with Gasteiger partial charge < -0.3 is 9.88 Å². The average molecular weight is 449 g/mol. The van der Waals surface area contributed by atoms with Crippen LogP contribution in [0.1, 0.15) is 22.9 Å². The van der Waals surface area contributed by atoms with Gasteiger partial charge in [0.15, 0.2) is 0 Å². The van der Waals surface area contributed by atoms with E-state index in [4.69, 9.17) is 0 Å². The lowest BCUT2D eigenvalue weighted by Crippen LogP contribution is -2.37. The number of nitrogens with zero attached hydrogens (tertiary/aromatic N) is 3. The minimum Gasteiger partial charge on any atom is -0.371 e. The molecule has 0 fully saturated rings. The van der Waals surface area contributed by atoms with Crippen LogP contribution in [0.3, 0.4) is 0 Å². The van der Waals surface area contributed by atoms with Crippen molar-refractivity contribution in [3.05, 3.63) is 117 Å². The van der Waals surface area contributed by atoms with E-state index in [1.54, 1.807) is 18.7 Å². The predicted octanol–water partition coefficient (Wildman–Crippen LogP) is 4.52. The number of fused-ring (bicyclic) bond motifs is 5. The quantitative estimate of drug-likeness (QED) is 0.432. The molecule has 6 heteroatoms. The third kappa shape index (κ3) is 2.75. The van der Waals surface area contributed by atoms with E-state index in [9.17, 15) is 9.59 Å². The first-order chi connectivity index (χ1) is 16.5. The number of anilines is 1. The summed E-state index contributed by atoms with van der Waals surface area (Å²) in [5.41, 5.74) is 6.73. The van der Waals surface area contributed by atoms with Crippen molar-refractivity contribution in [3.8, 4) is 16.9 Å². The van der Waals surface area contributed by atoms with Crippen LogP contribution in [0.15, 0.2) is 88.5 Å². The molecule has 0 bridgehead atoms. The number of benzene rings is 3. The van der Waals surface area contributed by atoms with Crippen LogP contribution in [-0.4, -0.2) is 13.7 Å². The Kier molecular flexibility index (Phi) is 4.39. The van der Waals surface area contributed by atoms with Gasteiger partial charge in [-0.05, 0) is 36.2 Å². The molecule has 1 unspecified atom stereocenters. The minimum absolute atomic E-state index is 0.241. The fraction of sp³-hybridized carbons (Fsp3) is 0.143. The second kappa shape index (κ2) is 7.35. The average Bonchev–Trinajstić information content (AvgIpc) is 3.23. The molecule has 0 saturated heterocycles. The van der Waals surface area contributed by atoms with Crippen LogP contribution in [0.5, 0.6) is 0 Å². The number of para-hydroxylation sites is 2. The molecule has 1 aliphatic heterocycles. The molecule has 2 aromatic heterocycles. The maximum atomic E-state index is 13.7. The lowest BCUT2D eigenvalue weighted by Gasteiger charge is -2.31. The molecule has 0 spiro atoms. The monoisotopic (exact) mass is 448 g/mol. The van der Waals surface area contributed by atoms with Gasteiger partial charge in [-0.1, -0.05) is 66.2 Å². The van der Waals surface area contributed by atoms with E-state index in [-0.39, 0.29) is 17.3 Å². The van der Waals surface area contributed by atoms with Crippen molar-refractivity contribution in [1.82, 2.24) is 13.7 Å². The predicted molar refractivity (Wildman–Crippen MR) is 136 cm³/mol. The summed E-state index contributed by atoms with van der Waals surface area (Å²) in [5, 5.41) is 4.22. The Balaban J connectivity index is 1.89. The van der Waals surface area contributed by atoms with Crippen LogP contribution in [-0.2, 0) is 14.1 Å². The molecule has 168 valence electrons. The molecular formula is C28H24N4O2. The second-order valence-electron chi connectivity index (χ2n) is 8.87. The Hall–Kier alpha value is -4.32. The van der Waals surface area contributed by atoms with Crippen LogP contribution >= 0.6 is 0 Å². The highest BCUT2D eigenvalue weighted by Crippen LogP contribution is 2.45. The summed E-state index contributed by atoms with van der Waals surface area (Å²) in [5.74, 6) is 0. The molecule has 1 atom stereocenters. The van der Waals surface area contributed by atoms with E-state index in [1.807, 2.05) is 61.5 Å². The lowest BCUT2D eigenvalue weighted by molar-refractivity contribution is 0.708. The zero-order chi connectivity index (χ0) is 23.6. The Labute approximate surface area is 196 Å². The zero-order valence-corrected chi connectivity index (χ0v) is 19.2. The van der Waals surface area contributed by atoms with Gasteiger partial charge in [-0.3, -0.25) is 13.9 Å². The van der Waals surface area contributed by atoms with Crippen molar-refractivity contribution in [1.29, 1.82) is 0 Å². The van der Waals surface area contributed by atoms with Crippen molar-refractivity contribution >= 4 is 16.6 Å². The van der Waals surface area contributed by atoms with Crippen LogP contribution in [0.25, 0.3) is 27.8 Å². The fourth-order valence-electron chi connectivity index (χ4n) is 5.18. The Morgan fingerprint density at radius 3 is 2.32 bits per heavy atom. The molecule has 0 radical (unpaired) electrons. The molecule has 0 saturated carbocycles. The summed E-state index contributed by atoms with van der Waals surface area (Å²) >= 11 is 0. The Morgan fingerprint density at radius 2 is 1.56 bits per heavy atom. The normalized spacial score (nSPS) is 14.5. The molecule has 0 amide bonds. The van der Waals surface area contributed by atoms with Gasteiger partial charge >= 0.3 is 5.69 Å². The minimum atomic E-state index is -0.340. The first-order valence-electron chi connectivity index (χ1n) is 11.3.